The van der Waals surface area contributed by atoms with E-state index in [1.807, 2.05) is 0 Å². The van der Waals surface area contributed by atoms with Crippen molar-refractivity contribution < 1.29 is 28.6 Å². The lowest BCUT2D eigenvalue weighted by Gasteiger charge is -2.18. The van der Waals surface area contributed by atoms with Crippen LogP contribution in [0.15, 0.2) is 97.2 Å². The number of unbranched alkanes of at least 4 members (excludes halogenated alkanes) is 27. The van der Waals surface area contributed by atoms with Crippen LogP contribution in [0.3, 0.4) is 0 Å². The first-order valence-electron chi connectivity index (χ1n) is 30.2. The summed E-state index contributed by atoms with van der Waals surface area (Å²) in [5.41, 5.74) is 0. The molecule has 0 spiro atoms. The number of hydrogen-bond acceptors (Lipinski definition) is 6. The van der Waals surface area contributed by atoms with E-state index in [1.54, 1.807) is 0 Å². The average molecular weight is 1000 g/mol. The average Bonchev–Trinajstić information content (AvgIpc) is 3.38. The van der Waals surface area contributed by atoms with Gasteiger partial charge < -0.3 is 14.2 Å². The van der Waals surface area contributed by atoms with E-state index in [2.05, 4.69) is 118 Å². The molecule has 0 radical (unpaired) electrons. The molecule has 6 nitrogen and oxygen atoms in total. The SMILES string of the molecule is CC/C=C\C/C=C\C/C=C\C/C=C\CCCCCCC(=O)OC(COC(=O)CCCCCCC/C=C\CCCCCCC)COC(=O)CCCCCCCCCC/C=C\C/C=C\C/C=C\CCCCCCC. The third-order valence-electron chi connectivity index (χ3n) is 12.8. The first-order valence-corrected chi connectivity index (χ1v) is 30.2. The van der Waals surface area contributed by atoms with E-state index in [0.29, 0.717) is 19.3 Å². The molecule has 412 valence electrons. The van der Waals surface area contributed by atoms with Gasteiger partial charge in [0.05, 0.1) is 0 Å². The van der Waals surface area contributed by atoms with Gasteiger partial charge in [-0.05, 0) is 122 Å². The molecule has 0 fully saturated rings. The lowest BCUT2D eigenvalue weighted by atomic mass is 10.1. The molecule has 0 saturated heterocycles. The third kappa shape index (κ3) is 57.2. The predicted molar refractivity (Wildman–Crippen MR) is 311 cm³/mol. The van der Waals surface area contributed by atoms with Crippen molar-refractivity contribution in [1.29, 1.82) is 0 Å². The van der Waals surface area contributed by atoms with Crippen LogP contribution in [0, 0.1) is 0 Å². The summed E-state index contributed by atoms with van der Waals surface area (Å²) in [7, 11) is 0. The molecule has 0 aromatic rings. The van der Waals surface area contributed by atoms with Crippen molar-refractivity contribution in [3.05, 3.63) is 97.2 Å². The Labute approximate surface area is 445 Å². The number of rotatable bonds is 54. The molecule has 0 aromatic carbocycles. The Bertz CT molecular complexity index is 1430. The minimum atomic E-state index is -0.799. The van der Waals surface area contributed by atoms with Gasteiger partial charge in [0.2, 0.25) is 0 Å². The molecule has 72 heavy (non-hydrogen) atoms. The summed E-state index contributed by atoms with van der Waals surface area (Å²) < 4.78 is 16.9. The number of carbonyl (C=O) groups is 3. The molecular weight excluding hydrogens is 889 g/mol. The molecule has 0 saturated carbocycles. The standard InChI is InChI=1S/C66H112O6/c1-4-7-10-13-16-19-22-25-28-30-31-32-33-34-35-37-38-41-44-47-50-53-56-59-65(68)71-62-63(61-70-64(67)58-55-52-49-46-43-40-27-24-21-18-15-12-9-6-3)72-66(69)60-57-54-51-48-45-42-39-36-29-26-23-20-17-14-11-8-5-2/h8,11,17,20,22,24-27,29-31,33-34,39,42,63H,4-7,9-10,12-16,18-19,21,23,28,32,35-38,40-41,43-62H2,1-3H3/b11-8-,20-17-,25-22-,27-24-,29-26-,31-30-,34-33-,42-39-. The first-order chi connectivity index (χ1) is 35.5. The largest absolute Gasteiger partial charge is 0.462 e. The van der Waals surface area contributed by atoms with Crippen LogP contribution in [-0.2, 0) is 28.6 Å². The molecule has 0 amide bonds. The van der Waals surface area contributed by atoms with Crippen molar-refractivity contribution in [2.45, 2.75) is 290 Å². The van der Waals surface area contributed by atoms with Crippen LogP contribution in [0.4, 0.5) is 0 Å². The summed E-state index contributed by atoms with van der Waals surface area (Å²) in [5.74, 6) is -0.928. The van der Waals surface area contributed by atoms with E-state index in [4.69, 9.17) is 14.2 Å². The summed E-state index contributed by atoms with van der Waals surface area (Å²) in [6.45, 7) is 6.48. The summed E-state index contributed by atoms with van der Waals surface area (Å²) in [6.07, 6.45) is 79.7. The Kier molecular flexibility index (Phi) is 56.8. The smallest absolute Gasteiger partial charge is 0.306 e. The van der Waals surface area contributed by atoms with Crippen molar-refractivity contribution in [3.63, 3.8) is 0 Å². The van der Waals surface area contributed by atoms with Crippen molar-refractivity contribution in [3.8, 4) is 0 Å². The van der Waals surface area contributed by atoms with Crippen molar-refractivity contribution >= 4 is 17.9 Å². The Morgan fingerprint density at radius 2 is 0.542 bits per heavy atom. The molecule has 0 rings (SSSR count). The van der Waals surface area contributed by atoms with Gasteiger partial charge in [0.15, 0.2) is 6.10 Å². The lowest BCUT2D eigenvalue weighted by Crippen LogP contribution is -2.30. The normalized spacial score (nSPS) is 12.8. The Hall–Kier alpha value is -3.67. The number of allylic oxidation sites excluding steroid dienone is 16. The molecule has 0 N–H and O–H groups in total. The summed E-state index contributed by atoms with van der Waals surface area (Å²) in [6, 6.07) is 0. The molecule has 1 atom stereocenters. The highest BCUT2D eigenvalue weighted by atomic mass is 16.6. The predicted octanol–water partition coefficient (Wildman–Crippen LogP) is 20.5. The van der Waals surface area contributed by atoms with Gasteiger partial charge in [-0.2, -0.15) is 0 Å². The first kappa shape index (κ1) is 68.3. The fraction of sp³-hybridized carbons (Fsp3) is 0.712. The van der Waals surface area contributed by atoms with Gasteiger partial charge in [0.1, 0.15) is 13.2 Å². The van der Waals surface area contributed by atoms with Crippen LogP contribution < -0.4 is 0 Å². The van der Waals surface area contributed by atoms with Crippen LogP contribution in [0.5, 0.6) is 0 Å². The maximum atomic E-state index is 12.9. The van der Waals surface area contributed by atoms with Crippen molar-refractivity contribution in [2.24, 2.45) is 0 Å². The van der Waals surface area contributed by atoms with Gasteiger partial charge in [0, 0.05) is 19.3 Å². The molecule has 0 aromatic heterocycles. The van der Waals surface area contributed by atoms with E-state index in [-0.39, 0.29) is 31.1 Å². The number of ether oxygens (including phenoxy) is 3. The maximum absolute atomic E-state index is 12.9. The van der Waals surface area contributed by atoms with Gasteiger partial charge >= 0.3 is 17.9 Å². The Morgan fingerprint density at radius 3 is 0.861 bits per heavy atom. The highest BCUT2D eigenvalue weighted by Crippen LogP contribution is 2.15. The maximum Gasteiger partial charge on any atom is 0.306 e. The van der Waals surface area contributed by atoms with Crippen LogP contribution in [0.1, 0.15) is 284 Å². The molecule has 0 bridgehead atoms. The van der Waals surface area contributed by atoms with Crippen LogP contribution in [0.25, 0.3) is 0 Å². The highest BCUT2D eigenvalue weighted by Gasteiger charge is 2.19. The zero-order valence-corrected chi connectivity index (χ0v) is 47.2. The van der Waals surface area contributed by atoms with Crippen LogP contribution >= 0.6 is 0 Å². The quantitative estimate of drug-likeness (QED) is 0.0261. The number of carbonyl (C=O) groups excluding carboxylic acids is 3. The zero-order valence-electron chi connectivity index (χ0n) is 47.2. The topological polar surface area (TPSA) is 78.9 Å². The fourth-order valence-electron chi connectivity index (χ4n) is 8.26. The summed E-state index contributed by atoms with van der Waals surface area (Å²) >= 11 is 0. The summed E-state index contributed by atoms with van der Waals surface area (Å²) in [4.78, 5) is 38.2. The molecule has 0 aliphatic rings. The second-order valence-electron chi connectivity index (χ2n) is 19.9. The van der Waals surface area contributed by atoms with Crippen molar-refractivity contribution in [2.75, 3.05) is 13.2 Å². The van der Waals surface area contributed by atoms with Gasteiger partial charge in [-0.3, -0.25) is 14.4 Å². The molecule has 0 aliphatic heterocycles. The highest BCUT2D eigenvalue weighted by molar-refractivity contribution is 5.71. The number of esters is 3. The molecule has 0 heterocycles. The molecule has 6 heteroatoms. The van der Waals surface area contributed by atoms with Gasteiger partial charge in [0.25, 0.3) is 0 Å². The van der Waals surface area contributed by atoms with Crippen LogP contribution in [0.2, 0.25) is 0 Å². The minimum Gasteiger partial charge on any atom is -0.462 e. The third-order valence-corrected chi connectivity index (χ3v) is 12.8. The zero-order chi connectivity index (χ0) is 52.2. The fourth-order valence-corrected chi connectivity index (χ4v) is 8.26. The molecular formula is C66H112O6. The Morgan fingerprint density at radius 1 is 0.292 bits per heavy atom. The lowest BCUT2D eigenvalue weighted by molar-refractivity contribution is -0.167. The van der Waals surface area contributed by atoms with E-state index in [1.165, 1.54) is 122 Å². The summed E-state index contributed by atoms with van der Waals surface area (Å²) in [5, 5.41) is 0. The second kappa shape index (κ2) is 59.9. The van der Waals surface area contributed by atoms with Gasteiger partial charge in [-0.1, -0.05) is 240 Å². The monoisotopic (exact) mass is 1000 g/mol. The van der Waals surface area contributed by atoms with Crippen LogP contribution in [-0.4, -0.2) is 37.2 Å². The van der Waals surface area contributed by atoms with E-state index in [9.17, 15) is 14.4 Å². The van der Waals surface area contributed by atoms with E-state index < -0.39 is 6.10 Å². The van der Waals surface area contributed by atoms with Crippen molar-refractivity contribution in [1.82, 2.24) is 0 Å². The molecule has 0 aliphatic carbocycles. The van der Waals surface area contributed by atoms with E-state index >= 15 is 0 Å². The second-order valence-corrected chi connectivity index (χ2v) is 19.9. The Balaban J connectivity index is 4.41. The van der Waals surface area contributed by atoms with Gasteiger partial charge in [-0.25, -0.2) is 0 Å². The minimum absolute atomic E-state index is 0.0944. The molecule has 1 unspecified atom stereocenters. The van der Waals surface area contributed by atoms with Gasteiger partial charge in [-0.15, -0.1) is 0 Å². The van der Waals surface area contributed by atoms with E-state index in [0.717, 1.165) is 122 Å². The number of hydrogen-bond donors (Lipinski definition) is 0.